The third kappa shape index (κ3) is 2.08. The summed E-state index contributed by atoms with van der Waals surface area (Å²) in [6.45, 7) is 4.65. The monoisotopic (exact) mass is 272 g/mol. The van der Waals surface area contributed by atoms with Crippen LogP contribution in [0.1, 0.15) is 48.3 Å². The highest BCUT2D eigenvalue weighted by Gasteiger charge is 2.47. The van der Waals surface area contributed by atoms with Gasteiger partial charge < -0.3 is 10.4 Å². The largest absolute Gasteiger partial charge is 0.390 e. The third-order valence-corrected chi connectivity index (χ3v) is 3.76. The lowest BCUT2D eigenvalue weighted by Gasteiger charge is -2.40. The first-order chi connectivity index (χ1) is 9.28. The highest BCUT2D eigenvalue weighted by molar-refractivity contribution is 6.03. The second kappa shape index (κ2) is 4.73. The lowest BCUT2D eigenvalue weighted by molar-refractivity contribution is -0.121. The van der Waals surface area contributed by atoms with Crippen LogP contribution < -0.4 is 5.32 Å². The average molecular weight is 272 g/mol. The third-order valence-electron chi connectivity index (χ3n) is 3.76. The quantitative estimate of drug-likeness (QED) is 0.806. The summed E-state index contributed by atoms with van der Waals surface area (Å²) in [5.74, 6) is -0.487. The van der Waals surface area contributed by atoms with Crippen LogP contribution >= 0.6 is 0 Å². The number of aliphatic hydroxyl groups is 1. The van der Waals surface area contributed by atoms with Gasteiger partial charge in [0.05, 0.1) is 29.2 Å². The lowest BCUT2D eigenvalue weighted by atomic mass is 9.68. The van der Waals surface area contributed by atoms with Crippen LogP contribution in [0.3, 0.4) is 0 Å². The zero-order valence-corrected chi connectivity index (χ0v) is 11.6. The van der Waals surface area contributed by atoms with Crippen molar-refractivity contribution in [2.45, 2.75) is 32.9 Å². The van der Waals surface area contributed by atoms with Gasteiger partial charge in [0, 0.05) is 12.5 Å². The zero-order chi connectivity index (χ0) is 15.1. The molecule has 20 heavy (non-hydrogen) atoms. The molecular weight excluding hydrogens is 256 g/mol. The lowest BCUT2D eigenvalue weighted by Crippen LogP contribution is -2.51. The van der Waals surface area contributed by atoms with Gasteiger partial charge in [0.25, 0.3) is 0 Å². The van der Waals surface area contributed by atoms with E-state index in [1.807, 2.05) is 6.07 Å². The van der Waals surface area contributed by atoms with Gasteiger partial charge in [-0.3, -0.25) is 9.59 Å². The van der Waals surface area contributed by atoms with E-state index in [9.17, 15) is 14.7 Å². The summed E-state index contributed by atoms with van der Waals surface area (Å²) < 4.78 is 0. The summed E-state index contributed by atoms with van der Waals surface area (Å²) in [7, 11) is 0. The topological polar surface area (TPSA) is 90.2 Å². The number of nitriles is 1. The molecular formula is C15H16N2O3. The Morgan fingerprint density at radius 3 is 2.65 bits per heavy atom. The number of amides is 1. The van der Waals surface area contributed by atoms with Crippen molar-refractivity contribution in [3.05, 3.63) is 34.9 Å². The molecule has 0 heterocycles. The van der Waals surface area contributed by atoms with E-state index in [0.717, 1.165) is 0 Å². The molecule has 1 aliphatic carbocycles. The molecule has 1 amide bonds. The maximum Gasteiger partial charge on any atom is 0.217 e. The van der Waals surface area contributed by atoms with Crippen LogP contribution in [0.2, 0.25) is 0 Å². The number of carbonyl (C=O) groups is 2. The highest BCUT2D eigenvalue weighted by Crippen LogP contribution is 2.41. The van der Waals surface area contributed by atoms with Gasteiger partial charge in [-0.1, -0.05) is 0 Å². The van der Waals surface area contributed by atoms with Crippen molar-refractivity contribution >= 4 is 11.7 Å². The Hall–Kier alpha value is -2.19. The molecule has 5 nitrogen and oxygen atoms in total. The molecule has 1 aromatic carbocycles. The maximum absolute atomic E-state index is 12.4. The van der Waals surface area contributed by atoms with Crippen LogP contribution in [-0.2, 0) is 4.79 Å². The van der Waals surface area contributed by atoms with Crippen LogP contribution in [0, 0.1) is 16.7 Å². The van der Waals surface area contributed by atoms with Crippen molar-refractivity contribution < 1.29 is 14.7 Å². The van der Waals surface area contributed by atoms with Crippen LogP contribution in [-0.4, -0.2) is 22.9 Å². The Kier molecular flexibility index (Phi) is 3.36. The molecule has 0 radical (unpaired) electrons. The van der Waals surface area contributed by atoms with E-state index in [0.29, 0.717) is 16.7 Å². The van der Waals surface area contributed by atoms with Gasteiger partial charge in [-0.05, 0) is 37.6 Å². The molecule has 5 heteroatoms. The summed E-state index contributed by atoms with van der Waals surface area (Å²) >= 11 is 0. The van der Waals surface area contributed by atoms with Gasteiger partial charge in [0.15, 0.2) is 5.78 Å². The summed E-state index contributed by atoms with van der Waals surface area (Å²) in [4.78, 5) is 23.8. The van der Waals surface area contributed by atoms with E-state index in [1.54, 1.807) is 32.0 Å². The summed E-state index contributed by atoms with van der Waals surface area (Å²) in [5, 5.41) is 22.0. The maximum atomic E-state index is 12.4. The van der Waals surface area contributed by atoms with E-state index >= 15 is 0 Å². The standard InChI is InChI=1S/C15H16N2O3/c1-8(18)17-12-11-6-9(7-16)4-5-10(11)13(19)15(2,3)14(12)20/h4-6,12,14,20H,1-3H3,(H,17,18)/t12-,14+/m1/s1. The molecule has 0 saturated heterocycles. The average Bonchev–Trinajstić information content (AvgIpc) is 2.41. The van der Waals surface area contributed by atoms with Crippen LogP contribution in [0.15, 0.2) is 18.2 Å². The fraction of sp³-hybridized carbons (Fsp3) is 0.400. The molecule has 1 aliphatic rings. The number of aliphatic hydroxyl groups excluding tert-OH is 1. The second-order valence-corrected chi connectivity index (χ2v) is 5.59. The number of rotatable bonds is 1. The molecule has 2 rings (SSSR count). The number of nitrogens with one attached hydrogen (secondary N) is 1. The van der Waals surface area contributed by atoms with Crippen LogP contribution in [0.5, 0.6) is 0 Å². The predicted molar refractivity (Wildman–Crippen MR) is 71.8 cm³/mol. The molecule has 0 aliphatic heterocycles. The molecule has 2 atom stereocenters. The molecule has 0 fully saturated rings. The van der Waals surface area contributed by atoms with Gasteiger partial charge in [-0.2, -0.15) is 5.26 Å². The second-order valence-electron chi connectivity index (χ2n) is 5.59. The van der Waals surface area contributed by atoms with Crippen LogP contribution in [0.4, 0.5) is 0 Å². The van der Waals surface area contributed by atoms with Crippen molar-refractivity contribution in [3.8, 4) is 6.07 Å². The molecule has 104 valence electrons. The summed E-state index contributed by atoms with van der Waals surface area (Å²) in [6.07, 6.45) is -1.04. The molecule has 0 unspecified atom stereocenters. The van der Waals surface area contributed by atoms with Crippen molar-refractivity contribution in [1.29, 1.82) is 5.26 Å². The Labute approximate surface area is 117 Å². The number of carbonyl (C=O) groups excluding carboxylic acids is 2. The normalized spacial score (nSPS) is 23.6. The Bertz CT molecular complexity index is 628. The number of hydrogen-bond donors (Lipinski definition) is 2. The van der Waals surface area contributed by atoms with Crippen molar-refractivity contribution in [1.82, 2.24) is 5.32 Å². The minimum Gasteiger partial charge on any atom is -0.390 e. The number of Topliss-reactive ketones (excluding diaryl/α,β-unsaturated/α-hetero) is 1. The summed E-state index contributed by atoms with van der Waals surface area (Å²) in [5.41, 5.74) is 0.335. The molecule has 0 spiro atoms. The smallest absolute Gasteiger partial charge is 0.217 e. The molecule has 1 aromatic rings. The Balaban J connectivity index is 2.64. The first-order valence-corrected chi connectivity index (χ1v) is 6.33. The Morgan fingerprint density at radius 2 is 2.10 bits per heavy atom. The highest BCUT2D eigenvalue weighted by atomic mass is 16.3. The fourth-order valence-corrected chi connectivity index (χ4v) is 2.54. The number of ketones is 1. The first kappa shape index (κ1) is 14.2. The van der Waals surface area contributed by atoms with Crippen molar-refractivity contribution in [2.24, 2.45) is 5.41 Å². The number of benzene rings is 1. The number of nitrogens with zero attached hydrogens (tertiary/aromatic N) is 1. The van der Waals surface area contributed by atoms with E-state index < -0.39 is 17.6 Å². The van der Waals surface area contributed by atoms with E-state index in [2.05, 4.69) is 5.32 Å². The SMILES string of the molecule is CC(=O)N[C@@H]1c2cc(C#N)ccc2C(=O)C(C)(C)[C@H]1O. The number of fused-ring (bicyclic) bond motifs is 1. The van der Waals surface area contributed by atoms with Crippen LogP contribution in [0.25, 0.3) is 0 Å². The van der Waals surface area contributed by atoms with Gasteiger partial charge in [-0.25, -0.2) is 0 Å². The van der Waals surface area contributed by atoms with E-state index in [4.69, 9.17) is 5.26 Å². The van der Waals surface area contributed by atoms with Gasteiger partial charge in [0.2, 0.25) is 5.91 Å². The summed E-state index contributed by atoms with van der Waals surface area (Å²) in [6, 6.07) is 6.00. The first-order valence-electron chi connectivity index (χ1n) is 6.33. The van der Waals surface area contributed by atoms with Crippen molar-refractivity contribution in [3.63, 3.8) is 0 Å². The molecule has 0 saturated carbocycles. The Morgan fingerprint density at radius 1 is 1.45 bits per heavy atom. The fourth-order valence-electron chi connectivity index (χ4n) is 2.54. The minimum atomic E-state index is -1.04. The van der Waals surface area contributed by atoms with Gasteiger partial charge >= 0.3 is 0 Å². The van der Waals surface area contributed by atoms with Crippen molar-refractivity contribution in [2.75, 3.05) is 0 Å². The molecule has 2 N–H and O–H groups in total. The van der Waals surface area contributed by atoms with E-state index in [-0.39, 0.29) is 11.7 Å². The molecule has 0 aromatic heterocycles. The molecule has 0 bridgehead atoms. The minimum absolute atomic E-state index is 0.189. The number of hydrogen-bond acceptors (Lipinski definition) is 4. The van der Waals surface area contributed by atoms with E-state index in [1.165, 1.54) is 6.92 Å². The van der Waals surface area contributed by atoms with Gasteiger partial charge in [0.1, 0.15) is 0 Å². The zero-order valence-electron chi connectivity index (χ0n) is 11.6. The predicted octanol–water partition coefficient (Wildman–Crippen LogP) is 1.32. The van der Waals surface area contributed by atoms with Gasteiger partial charge in [-0.15, -0.1) is 0 Å².